The third-order valence-electron chi connectivity index (χ3n) is 1.60. The van der Waals surface area contributed by atoms with E-state index in [0.717, 1.165) is 11.2 Å². The molecule has 0 heterocycles. The van der Waals surface area contributed by atoms with Crippen molar-refractivity contribution in [1.82, 2.24) is 0 Å². The predicted octanol–water partition coefficient (Wildman–Crippen LogP) is 2.52. The highest BCUT2D eigenvalue weighted by molar-refractivity contribution is 9.09. The maximum Gasteiger partial charge on any atom is 0.0170 e. The summed E-state index contributed by atoms with van der Waals surface area (Å²) in [4.78, 5) is 0. The summed E-state index contributed by atoms with van der Waals surface area (Å²) in [6, 6.07) is 0. The van der Waals surface area contributed by atoms with Crippen molar-refractivity contribution in [2.45, 2.75) is 18.1 Å². The summed E-state index contributed by atoms with van der Waals surface area (Å²) < 4.78 is 0. The molecule has 0 spiro atoms. The minimum Gasteiger partial charge on any atom is -0.161 e. The monoisotopic (exact) mass is 194 g/mol. The average molecular weight is 195 g/mol. The summed E-state index contributed by atoms with van der Waals surface area (Å²) in [6.45, 7) is 0. The topological polar surface area (TPSA) is 0 Å². The summed E-state index contributed by atoms with van der Waals surface area (Å²) in [7, 11) is 0. The van der Waals surface area contributed by atoms with Gasteiger partial charge >= 0.3 is 0 Å². The highest BCUT2D eigenvalue weighted by atomic mass is 79.9. The van der Waals surface area contributed by atoms with Crippen LogP contribution in [0, 0.1) is 5.92 Å². The first kappa shape index (κ1) is 6.94. The maximum absolute atomic E-state index is 3.50. The largest absolute Gasteiger partial charge is 0.161 e. The molecule has 1 aliphatic carbocycles. The predicted molar refractivity (Wildman–Crippen MR) is 43.8 cm³/mol. The van der Waals surface area contributed by atoms with Gasteiger partial charge < -0.3 is 0 Å². The Morgan fingerprint density at radius 3 is 2.50 bits per heavy atom. The van der Waals surface area contributed by atoms with Crippen LogP contribution in [0.5, 0.6) is 0 Å². The fourth-order valence-electron chi connectivity index (χ4n) is 0.849. The number of thioether (sulfide) groups is 1. The lowest BCUT2D eigenvalue weighted by atomic mass is 10.3. The van der Waals surface area contributed by atoms with Gasteiger partial charge in [-0.05, 0) is 25.0 Å². The standard InChI is InChI=1S/C6H11BrS/c1-8-6(4-7)5-2-3-5/h5-6H,2-4H2,1H3. The van der Waals surface area contributed by atoms with Crippen molar-refractivity contribution < 1.29 is 0 Å². The van der Waals surface area contributed by atoms with Crippen LogP contribution in [0.2, 0.25) is 0 Å². The summed E-state index contributed by atoms with van der Waals surface area (Å²) >= 11 is 5.49. The zero-order valence-electron chi connectivity index (χ0n) is 5.06. The summed E-state index contributed by atoms with van der Waals surface area (Å²) in [6.07, 6.45) is 5.14. The van der Waals surface area contributed by atoms with Crippen LogP contribution in [0.25, 0.3) is 0 Å². The first-order valence-electron chi connectivity index (χ1n) is 2.97. The Bertz CT molecular complexity index is 66.9. The molecule has 1 unspecified atom stereocenters. The fraction of sp³-hybridized carbons (Fsp3) is 1.00. The first-order chi connectivity index (χ1) is 3.88. The molecule has 0 saturated heterocycles. The molecule has 0 aromatic rings. The molecule has 48 valence electrons. The molecule has 1 rings (SSSR count). The lowest BCUT2D eigenvalue weighted by Gasteiger charge is -2.06. The van der Waals surface area contributed by atoms with Crippen LogP contribution < -0.4 is 0 Å². The van der Waals surface area contributed by atoms with E-state index >= 15 is 0 Å². The third kappa shape index (κ3) is 1.66. The van der Waals surface area contributed by atoms with E-state index in [-0.39, 0.29) is 0 Å². The molecule has 0 nitrogen and oxygen atoms in total. The molecule has 0 bridgehead atoms. The van der Waals surface area contributed by atoms with Crippen molar-refractivity contribution in [2.75, 3.05) is 11.6 Å². The maximum atomic E-state index is 3.50. The molecule has 1 saturated carbocycles. The Kier molecular flexibility index (Phi) is 2.70. The molecule has 2 heteroatoms. The number of rotatable bonds is 3. The van der Waals surface area contributed by atoms with Gasteiger partial charge in [0.1, 0.15) is 0 Å². The minimum absolute atomic E-state index is 0.898. The Morgan fingerprint density at radius 2 is 2.38 bits per heavy atom. The van der Waals surface area contributed by atoms with E-state index in [9.17, 15) is 0 Å². The van der Waals surface area contributed by atoms with Gasteiger partial charge in [-0.3, -0.25) is 0 Å². The van der Waals surface area contributed by atoms with E-state index in [1.54, 1.807) is 0 Å². The van der Waals surface area contributed by atoms with E-state index in [1.165, 1.54) is 18.2 Å². The molecule has 0 radical (unpaired) electrons. The second kappa shape index (κ2) is 3.11. The molecule has 1 fully saturated rings. The molecule has 8 heavy (non-hydrogen) atoms. The van der Waals surface area contributed by atoms with E-state index < -0.39 is 0 Å². The second-order valence-electron chi connectivity index (χ2n) is 2.27. The van der Waals surface area contributed by atoms with E-state index in [4.69, 9.17) is 0 Å². The van der Waals surface area contributed by atoms with Gasteiger partial charge in [-0.25, -0.2) is 0 Å². The third-order valence-corrected chi connectivity index (χ3v) is 3.89. The van der Waals surface area contributed by atoms with Gasteiger partial charge in [0.15, 0.2) is 0 Å². The molecular formula is C6H11BrS. The van der Waals surface area contributed by atoms with Crippen molar-refractivity contribution >= 4 is 27.7 Å². The van der Waals surface area contributed by atoms with Crippen molar-refractivity contribution in [3.8, 4) is 0 Å². The van der Waals surface area contributed by atoms with Gasteiger partial charge in [0.2, 0.25) is 0 Å². The van der Waals surface area contributed by atoms with Crippen LogP contribution in [0.4, 0.5) is 0 Å². The summed E-state index contributed by atoms with van der Waals surface area (Å²) in [5.74, 6) is 1.05. The van der Waals surface area contributed by atoms with Crippen molar-refractivity contribution in [2.24, 2.45) is 5.92 Å². The molecule has 0 amide bonds. The van der Waals surface area contributed by atoms with Gasteiger partial charge in [0.05, 0.1) is 0 Å². The smallest absolute Gasteiger partial charge is 0.0170 e. The molecule has 0 aromatic carbocycles. The average Bonchev–Trinajstić information content (AvgIpc) is 2.53. The second-order valence-corrected chi connectivity index (χ2v) is 3.99. The Hall–Kier alpha value is 0.830. The minimum atomic E-state index is 0.898. The van der Waals surface area contributed by atoms with Crippen LogP contribution in [-0.2, 0) is 0 Å². The normalized spacial score (nSPS) is 23.2. The molecular weight excluding hydrogens is 184 g/mol. The summed E-state index contributed by atoms with van der Waals surface area (Å²) in [5.41, 5.74) is 0. The van der Waals surface area contributed by atoms with Crippen LogP contribution in [0.1, 0.15) is 12.8 Å². The highest BCUT2D eigenvalue weighted by Crippen LogP contribution is 2.38. The fourth-order valence-corrected chi connectivity index (χ4v) is 2.95. The van der Waals surface area contributed by atoms with Crippen LogP contribution >= 0.6 is 27.7 Å². The van der Waals surface area contributed by atoms with Gasteiger partial charge in [-0.15, -0.1) is 0 Å². The van der Waals surface area contributed by atoms with E-state index in [2.05, 4.69) is 22.2 Å². The van der Waals surface area contributed by atoms with Crippen molar-refractivity contribution in [3.05, 3.63) is 0 Å². The van der Waals surface area contributed by atoms with Gasteiger partial charge in [-0.1, -0.05) is 15.9 Å². The molecule has 1 atom stereocenters. The van der Waals surface area contributed by atoms with Gasteiger partial charge in [-0.2, -0.15) is 11.8 Å². The SMILES string of the molecule is CSC(CBr)C1CC1. The number of halogens is 1. The number of hydrogen-bond acceptors (Lipinski definition) is 1. The molecule has 0 aromatic heterocycles. The first-order valence-corrected chi connectivity index (χ1v) is 5.38. The van der Waals surface area contributed by atoms with E-state index in [0.29, 0.717) is 0 Å². The van der Waals surface area contributed by atoms with Crippen molar-refractivity contribution in [3.63, 3.8) is 0 Å². The van der Waals surface area contributed by atoms with Crippen molar-refractivity contribution in [1.29, 1.82) is 0 Å². The summed E-state index contributed by atoms with van der Waals surface area (Å²) in [5, 5.41) is 2.08. The van der Waals surface area contributed by atoms with E-state index in [1.807, 2.05) is 11.8 Å². The highest BCUT2D eigenvalue weighted by Gasteiger charge is 2.29. The Labute approximate surface area is 63.5 Å². The lowest BCUT2D eigenvalue weighted by molar-refractivity contribution is 0.836. The zero-order chi connectivity index (χ0) is 5.98. The van der Waals surface area contributed by atoms with Crippen LogP contribution in [0.15, 0.2) is 0 Å². The molecule has 0 N–H and O–H groups in total. The quantitative estimate of drug-likeness (QED) is 0.623. The zero-order valence-corrected chi connectivity index (χ0v) is 7.46. The van der Waals surface area contributed by atoms with Gasteiger partial charge in [0, 0.05) is 10.6 Å². The van der Waals surface area contributed by atoms with Gasteiger partial charge in [0.25, 0.3) is 0 Å². The molecule has 0 aliphatic heterocycles. The Morgan fingerprint density at radius 1 is 1.75 bits per heavy atom. The molecule has 1 aliphatic rings. The number of alkyl halides is 1. The van der Waals surface area contributed by atoms with Crippen LogP contribution in [-0.4, -0.2) is 16.8 Å². The Balaban J connectivity index is 2.15. The number of hydrogen-bond donors (Lipinski definition) is 0. The van der Waals surface area contributed by atoms with Crippen LogP contribution in [0.3, 0.4) is 0 Å². The lowest BCUT2D eigenvalue weighted by Crippen LogP contribution is -2.04.